The van der Waals surface area contributed by atoms with Crippen LogP contribution in [-0.2, 0) is 6.42 Å². The molecule has 0 atom stereocenters. The molecule has 5 N–H and O–H groups in total. The number of nitrogens with two attached hydrogens (primary N) is 2. The Morgan fingerprint density at radius 1 is 1.32 bits per heavy atom. The van der Waals surface area contributed by atoms with Gasteiger partial charge in [0.25, 0.3) is 5.91 Å². The summed E-state index contributed by atoms with van der Waals surface area (Å²) < 4.78 is 5.67. The first kappa shape index (κ1) is 19.8. The summed E-state index contributed by atoms with van der Waals surface area (Å²) >= 11 is 6.51. The number of nitrogens with one attached hydrogen (secondary N) is 1. The molecule has 0 radical (unpaired) electrons. The van der Waals surface area contributed by atoms with Crippen LogP contribution in [0.15, 0.2) is 48.3 Å². The largest absolute Gasteiger partial charge is 0.489 e. The maximum absolute atomic E-state index is 12.3. The van der Waals surface area contributed by atoms with Gasteiger partial charge in [-0.05, 0) is 60.2 Å². The quantitative estimate of drug-likeness (QED) is 0.688. The van der Waals surface area contributed by atoms with Crippen LogP contribution < -0.4 is 21.5 Å². The average molecular weight is 398 g/mol. The highest BCUT2D eigenvalue weighted by Gasteiger charge is 2.22. The van der Waals surface area contributed by atoms with Crippen molar-refractivity contribution in [1.82, 2.24) is 5.32 Å². The zero-order valence-corrected chi connectivity index (χ0v) is 16.8. The molecule has 1 heterocycles. The minimum Gasteiger partial charge on any atom is -0.489 e. The predicted molar refractivity (Wildman–Crippen MR) is 113 cm³/mol. The van der Waals surface area contributed by atoms with Gasteiger partial charge in [-0.15, -0.1) is 0 Å². The molecule has 0 unspecified atom stereocenters. The highest BCUT2D eigenvalue weighted by Crippen LogP contribution is 2.36. The SMILES string of the molecule is C/C(N)=C/C(=C\N)c1ccc(Cc2cc3c(c(Cl)c2C)OCCNC3=O)cc1. The highest BCUT2D eigenvalue weighted by molar-refractivity contribution is 6.33. The maximum atomic E-state index is 12.3. The van der Waals surface area contributed by atoms with Crippen LogP contribution in [-0.4, -0.2) is 19.1 Å². The Kier molecular flexibility index (Phi) is 5.95. The van der Waals surface area contributed by atoms with Gasteiger partial charge in [-0.3, -0.25) is 4.79 Å². The van der Waals surface area contributed by atoms with E-state index in [0.29, 0.717) is 41.6 Å². The molecule has 2 aromatic rings. The van der Waals surface area contributed by atoms with E-state index in [-0.39, 0.29) is 5.91 Å². The van der Waals surface area contributed by atoms with Gasteiger partial charge in [0.2, 0.25) is 0 Å². The summed E-state index contributed by atoms with van der Waals surface area (Å²) in [4.78, 5) is 12.3. The van der Waals surface area contributed by atoms with Crippen molar-refractivity contribution < 1.29 is 9.53 Å². The van der Waals surface area contributed by atoms with Crippen LogP contribution in [0.2, 0.25) is 5.02 Å². The van der Waals surface area contributed by atoms with Crippen molar-refractivity contribution in [2.45, 2.75) is 20.3 Å². The molecule has 6 heteroatoms. The molecular weight excluding hydrogens is 374 g/mol. The minimum absolute atomic E-state index is 0.160. The van der Waals surface area contributed by atoms with E-state index in [2.05, 4.69) is 5.32 Å². The van der Waals surface area contributed by atoms with Crippen molar-refractivity contribution in [3.05, 3.63) is 81.1 Å². The van der Waals surface area contributed by atoms with Crippen LogP contribution in [0.1, 0.15) is 39.5 Å². The second-order valence-corrected chi connectivity index (χ2v) is 7.22. The lowest BCUT2D eigenvalue weighted by Gasteiger charge is -2.15. The Labute approximate surface area is 170 Å². The van der Waals surface area contributed by atoms with Gasteiger partial charge in [0.1, 0.15) is 6.61 Å². The number of hydrogen-bond donors (Lipinski definition) is 3. The van der Waals surface area contributed by atoms with Crippen LogP contribution in [0.25, 0.3) is 5.57 Å². The van der Waals surface area contributed by atoms with E-state index in [4.69, 9.17) is 27.8 Å². The number of halogens is 1. The van der Waals surface area contributed by atoms with Gasteiger partial charge in [0.05, 0.1) is 17.1 Å². The van der Waals surface area contributed by atoms with E-state index in [1.807, 2.05) is 50.3 Å². The van der Waals surface area contributed by atoms with Crippen LogP contribution in [0.5, 0.6) is 5.75 Å². The van der Waals surface area contributed by atoms with E-state index >= 15 is 0 Å². The Morgan fingerprint density at radius 2 is 2.04 bits per heavy atom. The van der Waals surface area contributed by atoms with Gasteiger partial charge < -0.3 is 21.5 Å². The van der Waals surface area contributed by atoms with Gasteiger partial charge in [0.15, 0.2) is 5.75 Å². The molecule has 2 aromatic carbocycles. The van der Waals surface area contributed by atoms with Crippen LogP contribution >= 0.6 is 11.6 Å². The van der Waals surface area contributed by atoms with E-state index in [9.17, 15) is 4.79 Å². The van der Waals surface area contributed by atoms with E-state index in [0.717, 1.165) is 27.8 Å². The molecule has 3 rings (SSSR count). The third-order valence-corrected chi connectivity index (χ3v) is 5.15. The first-order chi connectivity index (χ1) is 13.4. The van der Waals surface area contributed by atoms with E-state index in [1.54, 1.807) is 6.20 Å². The summed E-state index contributed by atoms with van der Waals surface area (Å²) in [5, 5.41) is 3.32. The number of hydrogen-bond acceptors (Lipinski definition) is 4. The lowest BCUT2D eigenvalue weighted by atomic mass is 9.95. The molecule has 146 valence electrons. The zero-order valence-electron chi connectivity index (χ0n) is 16.0. The zero-order chi connectivity index (χ0) is 20.3. The van der Waals surface area contributed by atoms with Gasteiger partial charge in [-0.25, -0.2) is 0 Å². The molecule has 0 spiro atoms. The summed E-state index contributed by atoms with van der Waals surface area (Å²) in [7, 11) is 0. The molecule has 28 heavy (non-hydrogen) atoms. The number of allylic oxidation sites excluding steroid dienone is 3. The summed E-state index contributed by atoms with van der Waals surface area (Å²) in [6.07, 6.45) is 4.03. The third-order valence-electron chi connectivity index (χ3n) is 4.70. The molecule has 0 saturated carbocycles. The summed E-state index contributed by atoms with van der Waals surface area (Å²) in [5.74, 6) is 0.308. The fourth-order valence-corrected chi connectivity index (χ4v) is 3.47. The molecule has 0 saturated heterocycles. The number of rotatable bonds is 4. The van der Waals surface area contributed by atoms with Gasteiger partial charge in [-0.1, -0.05) is 35.9 Å². The number of ether oxygens (including phenoxy) is 1. The van der Waals surface area contributed by atoms with Crippen molar-refractivity contribution in [1.29, 1.82) is 0 Å². The molecule has 0 bridgehead atoms. The average Bonchev–Trinajstić information content (AvgIpc) is 2.86. The molecule has 0 aliphatic carbocycles. The van der Waals surface area contributed by atoms with Crippen molar-refractivity contribution in [2.24, 2.45) is 11.5 Å². The molecule has 1 amide bonds. The second-order valence-electron chi connectivity index (χ2n) is 6.84. The van der Waals surface area contributed by atoms with Gasteiger partial charge in [0, 0.05) is 11.9 Å². The first-order valence-corrected chi connectivity index (χ1v) is 9.46. The number of carbonyl (C=O) groups excluding carboxylic acids is 1. The Balaban J connectivity index is 1.91. The molecule has 1 aliphatic heterocycles. The van der Waals surface area contributed by atoms with Gasteiger partial charge >= 0.3 is 0 Å². The normalized spacial score (nSPS) is 14.8. The second kappa shape index (κ2) is 8.40. The molecule has 0 aromatic heterocycles. The fraction of sp³-hybridized carbons (Fsp3) is 0.227. The lowest BCUT2D eigenvalue weighted by molar-refractivity contribution is 0.0957. The fourth-order valence-electron chi connectivity index (χ4n) is 3.19. The first-order valence-electron chi connectivity index (χ1n) is 9.08. The third kappa shape index (κ3) is 4.15. The van der Waals surface area contributed by atoms with Crippen LogP contribution in [0.3, 0.4) is 0 Å². The number of carbonyl (C=O) groups is 1. The van der Waals surface area contributed by atoms with Crippen molar-refractivity contribution in [3.8, 4) is 5.75 Å². The predicted octanol–water partition coefficient (Wildman–Crippen LogP) is 3.52. The minimum atomic E-state index is -0.160. The number of benzene rings is 2. The van der Waals surface area contributed by atoms with Gasteiger partial charge in [-0.2, -0.15) is 0 Å². The molecule has 1 aliphatic rings. The lowest BCUT2D eigenvalue weighted by Crippen LogP contribution is -2.24. The molecule has 0 fully saturated rings. The Morgan fingerprint density at radius 3 is 2.68 bits per heavy atom. The molecule has 5 nitrogen and oxygen atoms in total. The highest BCUT2D eigenvalue weighted by atomic mass is 35.5. The van der Waals surface area contributed by atoms with E-state index < -0.39 is 0 Å². The standard InChI is InChI=1S/C22H24ClN3O2/c1-13(25)9-18(12-24)16-5-3-15(4-6-16)10-17-11-19-21(20(23)14(17)2)28-8-7-26-22(19)27/h3-6,9,11-12H,7-8,10,24-25H2,1-2H3,(H,26,27)/b13-9-,18-12+. The Hall–Kier alpha value is -2.92. The number of amides is 1. The summed E-state index contributed by atoms with van der Waals surface area (Å²) in [6.45, 7) is 4.64. The van der Waals surface area contributed by atoms with E-state index in [1.165, 1.54) is 0 Å². The summed E-state index contributed by atoms with van der Waals surface area (Å²) in [6, 6.07) is 9.95. The van der Waals surface area contributed by atoms with Crippen LogP contribution in [0.4, 0.5) is 0 Å². The molecular formula is C22H24ClN3O2. The van der Waals surface area contributed by atoms with Crippen LogP contribution in [0, 0.1) is 6.92 Å². The van der Waals surface area contributed by atoms with Crippen molar-refractivity contribution in [3.63, 3.8) is 0 Å². The Bertz CT molecular complexity index is 959. The van der Waals surface area contributed by atoms with Crippen molar-refractivity contribution in [2.75, 3.05) is 13.2 Å². The van der Waals surface area contributed by atoms with Crippen molar-refractivity contribution >= 4 is 23.1 Å². The monoisotopic (exact) mass is 397 g/mol. The topological polar surface area (TPSA) is 90.4 Å². The number of fused-ring (bicyclic) bond motifs is 1. The smallest absolute Gasteiger partial charge is 0.255 e. The maximum Gasteiger partial charge on any atom is 0.255 e. The summed E-state index contributed by atoms with van der Waals surface area (Å²) in [5.41, 5.74) is 17.5.